The summed E-state index contributed by atoms with van der Waals surface area (Å²) in [6.45, 7) is 5.20. The average molecular weight is 451 g/mol. The first-order valence-corrected chi connectivity index (χ1v) is 13.5. The third-order valence-corrected chi connectivity index (χ3v) is 8.17. The van der Waals surface area contributed by atoms with Gasteiger partial charge in [0.05, 0.1) is 23.0 Å². The lowest BCUT2D eigenvalue weighted by molar-refractivity contribution is -0.123. The molecular formula is C26H34N4OS. The number of aromatic nitrogens is 3. The van der Waals surface area contributed by atoms with Crippen LogP contribution in [0.15, 0.2) is 18.3 Å². The van der Waals surface area contributed by atoms with Crippen molar-refractivity contribution in [3.63, 3.8) is 0 Å². The number of hydrogen-bond acceptors (Lipinski definition) is 3. The topological polar surface area (TPSA) is 53.9 Å². The second kappa shape index (κ2) is 8.29. The Morgan fingerprint density at radius 3 is 2.69 bits per heavy atom. The number of nitrogens with one attached hydrogen (secondary N) is 1. The highest BCUT2D eigenvalue weighted by molar-refractivity contribution is 7.98. The van der Waals surface area contributed by atoms with Crippen molar-refractivity contribution in [1.82, 2.24) is 14.8 Å². The molecule has 0 radical (unpaired) electrons. The molecule has 6 heteroatoms. The van der Waals surface area contributed by atoms with Crippen molar-refractivity contribution in [1.29, 1.82) is 0 Å². The number of nitrogens with zero attached hydrogens (tertiary/aromatic N) is 3. The Morgan fingerprint density at radius 2 is 1.97 bits per heavy atom. The van der Waals surface area contributed by atoms with E-state index in [2.05, 4.69) is 58.9 Å². The fourth-order valence-corrected chi connectivity index (χ4v) is 6.60. The van der Waals surface area contributed by atoms with E-state index in [-0.39, 0.29) is 5.41 Å². The Hall–Kier alpha value is -2.21. The van der Waals surface area contributed by atoms with E-state index in [1.54, 1.807) is 0 Å². The van der Waals surface area contributed by atoms with Gasteiger partial charge in [-0.1, -0.05) is 26.7 Å². The second-order valence-electron chi connectivity index (χ2n) is 9.43. The fraction of sp³-hybridized carbons (Fsp3) is 0.538. The molecule has 1 aliphatic carbocycles. The molecule has 2 aliphatic rings. The van der Waals surface area contributed by atoms with Gasteiger partial charge < -0.3 is 9.47 Å². The van der Waals surface area contributed by atoms with Gasteiger partial charge in [-0.2, -0.15) is 16.9 Å². The number of rotatable bonds is 7. The predicted octanol–water partition coefficient (Wildman–Crippen LogP) is 5.60. The van der Waals surface area contributed by atoms with Crippen molar-refractivity contribution in [3.8, 4) is 11.4 Å². The summed E-state index contributed by atoms with van der Waals surface area (Å²) in [6, 6.07) is 4.70. The predicted molar refractivity (Wildman–Crippen MR) is 135 cm³/mol. The molecule has 1 amide bonds. The second-order valence-corrected chi connectivity index (χ2v) is 10.4. The highest BCUT2D eigenvalue weighted by atomic mass is 32.2. The summed E-state index contributed by atoms with van der Waals surface area (Å²) in [4.78, 5) is 16.0. The Balaban J connectivity index is 1.78. The lowest BCUT2D eigenvalue weighted by atomic mass is 9.74. The Labute approximate surface area is 194 Å². The fourth-order valence-electron chi connectivity index (χ4n) is 6.24. The minimum absolute atomic E-state index is 0.322. The van der Waals surface area contributed by atoms with E-state index in [9.17, 15) is 4.79 Å². The van der Waals surface area contributed by atoms with Gasteiger partial charge in [0.15, 0.2) is 0 Å². The minimum atomic E-state index is -0.383. The summed E-state index contributed by atoms with van der Waals surface area (Å²) in [6.07, 6.45) is 11.2. The normalized spacial score (nSPS) is 16.9. The summed E-state index contributed by atoms with van der Waals surface area (Å²) < 4.78 is 2.34. The third kappa shape index (κ3) is 2.98. The van der Waals surface area contributed by atoms with Gasteiger partial charge in [-0.15, -0.1) is 0 Å². The Bertz CT molecular complexity index is 1170. The van der Waals surface area contributed by atoms with Crippen LogP contribution < -0.4 is 4.90 Å². The summed E-state index contributed by atoms with van der Waals surface area (Å²) in [5.74, 6) is 1.28. The van der Waals surface area contributed by atoms with Crippen LogP contribution in [0.2, 0.25) is 0 Å². The van der Waals surface area contributed by atoms with Crippen molar-refractivity contribution < 1.29 is 4.79 Å². The van der Waals surface area contributed by atoms with E-state index in [1.165, 1.54) is 39.0 Å². The summed E-state index contributed by atoms with van der Waals surface area (Å²) in [5.41, 5.74) is 8.41. The van der Waals surface area contributed by atoms with Crippen molar-refractivity contribution >= 4 is 34.3 Å². The van der Waals surface area contributed by atoms with Crippen molar-refractivity contribution in [3.05, 3.63) is 35.0 Å². The summed E-state index contributed by atoms with van der Waals surface area (Å²) >= 11 is 1.81. The zero-order chi connectivity index (χ0) is 22.5. The van der Waals surface area contributed by atoms with Crippen LogP contribution in [-0.4, -0.2) is 39.2 Å². The lowest BCUT2D eigenvalue weighted by Gasteiger charge is -2.28. The molecule has 1 aromatic carbocycles. The maximum Gasteiger partial charge on any atom is 0.237 e. The summed E-state index contributed by atoms with van der Waals surface area (Å²) in [5, 5.41) is 8.93. The zero-order valence-corrected chi connectivity index (χ0v) is 20.6. The maximum absolute atomic E-state index is 13.9. The number of H-pyrrole nitrogens is 1. The van der Waals surface area contributed by atoms with Crippen LogP contribution in [-0.2, 0) is 30.1 Å². The molecule has 0 bridgehead atoms. The van der Waals surface area contributed by atoms with E-state index in [4.69, 9.17) is 0 Å². The molecule has 170 valence electrons. The molecule has 0 saturated heterocycles. The van der Waals surface area contributed by atoms with Crippen LogP contribution in [0.3, 0.4) is 0 Å². The molecule has 3 heterocycles. The van der Waals surface area contributed by atoms with E-state index < -0.39 is 0 Å². The molecule has 1 N–H and O–H groups in total. The average Bonchev–Trinajstić information content (AvgIpc) is 3.36. The third-order valence-electron chi connectivity index (χ3n) is 7.58. The molecule has 0 fully saturated rings. The smallest absolute Gasteiger partial charge is 0.237 e. The summed E-state index contributed by atoms with van der Waals surface area (Å²) in [7, 11) is 2.17. The van der Waals surface area contributed by atoms with E-state index >= 15 is 0 Å². The number of anilines is 1. The minimum Gasteiger partial charge on any atom is -0.342 e. The van der Waals surface area contributed by atoms with Crippen LogP contribution in [0.25, 0.3) is 22.3 Å². The number of amides is 1. The molecule has 0 saturated carbocycles. The van der Waals surface area contributed by atoms with E-state index in [1.807, 2.05) is 18.0 Å². The first-order valence-electron chi connectivity index (χ1n) is 12.1. The van der Waals surface area contributed by atoms with Gasteiger partial charge in [0.1, 0.15) is 0 Å². The molecule has 5 rings (SSSR count). The zero-order valence-electron chi connectivity index (χ0n) is 19.8. The highest BCUT2D eigenvalue weighted by Gasteiger charge is 2.49. The maximum atomic E-state index is 13.9. The van der Waals surface area contributed by atoms with Gasteiger partial charge in [0.25, 0.3) is 0 Å². The largest absolute Gasteiger partial charge is 0.342 e. The molecule has 2 aromatic heterocycles. The van der Waals surface area contributed by atoms with E-state index in [0.29, 0.717) is 5.91 Å². The molecule has 0 atom stereocenters. The molecule has 32 heavy (non-hydrogen) atoms. The number of fused-ring (bicyclic) bond motifs is 6. The number of aryl methyl sites for hydroxylation is 3. The molecule has 1 aliphatic heterocycles. The Morgan fingerprint density at radius 1 is 1.19 bits per heavy atom. The van der Waals surface area contributed by atoms with Gasteiger partial charge in [-0.25, -0.2) is 0 Å². The van der Waals surface area contributed by atoms with Gasteiger partial charge in [-0.3, -0.25) is 9.89 Å². The SMILES string of the molecule is CCCC1(CCC)C(=O)N(CCSC)c2cc3c4c(n(C)c3cc21)-c1[nH]ncc1CCC4. The van der Waals surface area contributed by atoms with Gasteiger partial charge in [-0.05, 0) is 67.2 Å². The first kappa shape index (κ1) is 21.6. The number of benzene rings is 1. The first-order chi connectivity index (χ1) is 15.6. The molecule has 0 unspecified atom stereocenters. The molecule has 5 nitrogen and oxygen atoms in total. The molecular weight excluding hydrogens is 416 g/mol. The van der Waals surface area contributed by atoms with Crippen molar-refractivity contribution in [2.45, 2.75) is 64.2 Å². The van der Waals surface area contributed by atoms with Gasteiger partial charge >= 0.3 is 0 Å². The van der Waals surface area contributed by atoms with Crippen LogP contribution >= 0.6 is 11.8 Å². The number of aromatic amines is 1. The monoisotopic (exact) mass is 450 g/mol. The number of hydrogen-bond donors (Lipinski definition) is 1. The Kier molecular flexibility index (Phi) is 5.60. The van der Waals surface area contributed by atoms with Crippen LogP contribution in [0.4, 0.5) is 5.69 Å². The number of thioether (sulfide) groups is 1. The standard InChI is InChI=1S/C26H34N4OS/c1-5-10-26(11-6-2)20-15-21-19(14-22(20)30(25(26)31)12-13-32-4)18-9-7-8-17-16-27-28-23(17)24(18)29(21)3/h14-16H,5-13H2,1-4H3,(H,27,28). The molecule has 3 aromatic rings. The number of carbonyl (C=O) groups excluding carboxylic acids is 1. The van der Waals surface area contributed by atoms with Crippen molar-refractivity contribution in [2.75, 3.05) is 23.5 Å². The lowest BCUT2D eigenvalue weighted by Crippen LogP contribution is -2.41. The van der Waals surface area contributed by atoms with Crippen molar-refractivity contribution in [2.24, 2.45) is 7.05 Å². The van der Waals surface area contributed by atoms with Gasteiger partial charge in [0.2, 0.25) is 5.91 Å². The van der Waals surface area contributed by atoms with E-state index in [0.717, 1.165) is 62.9 Å². The highest BCUT2D eigenvalue weighted by Crippen LogP contribution is 2.50. The molecule has 0 spiro atoms. The number of carbonyl (C=O) groups is 1. The van der Waals surface area contributed by atoms with Crippen LogP contribution in [0.1, 0.15) is 62.6 Å². The van der Waals surface area contributed by atoms with Crippen LogP contribution in [0, 0.1) is 0 Å². The quantitative estimate of drug-likeness (QED) is 0.509. The van der Waals surface area contributed by atoms with Crippen LogP contribution in [0.5, 0.6) is 0 Å². The van der Waals surface area contributed by atoms with Gasteiger partial charge in [0, 0.05) is 35.9 Å².